The Morgan fingerprint density at radius 2 is 1.87 bits per heavy atom. The van der Waals surface area contributed by atoms with Gasteiger partial charge in [0, 0.05) is 5.54 Å². The monoisotopic (exact) mass is 429 g/mol. The zero-order valence-electron chi connectivity index (χ0n) is 18.3. The number of para-hydroxylation sites is 1. The second-order valence-corrected chi connectivity index (χ2v) is 9.03. The van der Waals surface area contributed by atoms with E-state index >= 15 is 0 Å². The summed E-state index contributed by atoms with van der Waals surface area (Å²) in [4.78, 5) is 0. The fourth-order valence-electron chi connectivity index (χ4n) is 5.20. The SMILES string of the molecule is COc1ccccc1CC[C@@H]1CCc2cc([C@H]3CC[C@](N)(CO)C3)ccc2C1.OOO. The molecule has 0 saturated heterocycles. The lowest BCUT2D eigenvalue weighted by Gasteiger charge is -2.26. The molecule has 0 spiro atoms. The summed E-state index contributed by atoms with van der Waals surface area (Å²) in [6.45, 7) is 0.0995. The van der Waals surface area contributed by atoms with Crippen molar-refractivity contribution in [2.45, 2.75) is 62.8 Å². The van der Waals surface area contributed by atoms with E-state index in [0.717, 1.165) is 37.4 Å². The number of methoxy groups -OCH3 is 1. The molecule has 31 heavy (non-hydrogen) atoms. The number of ether oxygens (including phenoxy) is 1. The standard InChI is InChI=1S/C25H33NO2.H2O3/c1-28-24-5-3-2-4-19(24)8-6-18-7-9-21-15-22(11-10-20(21)14-18)23-12-13-25(26,16-23)17-27;1-3-2/h2-5,10-11,15,18,23,27H,6-9,12-14,16-17,26H2,1H3;1-2H/t18-,23+,25-;/m1./s1. The van der Waals surface area contributed by atoms with Gasteiger partial charge in [-0.3, -0.25) is 0 Å². The first kappa shape index (κ1) is 23.7. The van der Waals surface area contributed by atoms with Gasteiger partial charge in [-0.25, -0.2) is 10.5 Å². The number of benzene rings is 2. The molecule has 4 rings (SSSR count). The van der Waals surface area contributed by atoms with Gasteiger partial charge in [-0.05, 0) is 91.5 Å². The average Bonchev–Trinajstić information content (AvgIpc) is 3.20. The predicted molar refractivity (Wildman–Crippen MR) is 120 cm³/mol. The van der Waals surface area contributed by atoms with E-state index in [-0.39, 0.29) is 12.1 Å². The van der Waals surface area contributed by atoms with Crippen LogP contribution in [0, 0.1) is 5.92 Å². The van der Waals surface area contributed by atoms with Crippen LogP contribution in [0.1, 0.15) is 60.3 Å². The van der Waals surface area contributed by atoms with Crippen LogP contribution in [0.4, 0.5) is 0 Å². The number of rotatable bonds is 6. The largest absolute Gasteiger partial charge is 0.496 e. The minimum absolute atomic E-state index is 0.0995. The Morgan fingerprint density at radius 3 is 2.58 bits per heavy atom. The summed E-state index contributed by atoms with van der Waals surface area (Å²) in [5, 5.41) is 25.0. The molecule has 1 fully saturated rings. The Bertz CT molecular complexity index is 842. The number of hydrogen-bond acceptors (Lipinski definition) is 6. The molecular weight excluding hydrogens is 394 g/mol. The lowest BCUT2D eigenvalue weighted by Crippen LogP contribution is -2.40. The first-order valence-electron chi connectivity index (χ1n) is 11.1. The zero-order chi connectivity index (χ0) is 22.3. The van der Waals surface area contributed by atoms with Gasteiger partial charge in [-0.2, -0.15) is 0 Å². The van der Waals surface area contributed by atoms with Crippen molar-refractivity contribution < 1.29 is 25.4 Å². The molecule has 0 heterocycles. The second-order valence-electron chi connectivity index (χ2n) is 9.03. The van der Waals surface area contributed by atoms with Crippen molar-refractivity contribution in [3.63, 3.8) is 0 Å². The second kappa shape index (κ2) is 11.1. The van der Waals surface area contributed by atoms with E-state index in [4.69, 9.17) is 21.0 Å². The molecule has 0 aromatic heterocycles. The molecular formula is C25H35NO5. The summed E-state index contributed by atoms with van der Waals surface area (Å²) >= 11 is 0. The van der Waals surface area contributed by atoms with Crippen molar-refractivity contribution >= 4 is 0 Å². The van der Waals surface area contributed by atoms with Crippen molar-refractivity contribution in [2.24, 2.45) is 11.7 Å². The van der Waals surface area contributed by atoms with E-state index in [9.17, 15) is 5.11 Å². The highest BCUT2D eigenvalue weighted by Gasteiger charge is 2.36. The number of aliphatic hydroxyl groups excluding tert-OH is 1. The Morgan fingerprint density at radius 1 is 1.10 bits per heavy atom. The predicted octanol–water partition coefficient (Wildman–Crippen LogP) is 4.34. The van der Waals surface area contributed by atoms with Crippen LogP contribution in [-0.2, 0) is 24.3 Å². The molecule has 6 nitrogen and oxygen atoms in total. The third kappa shape index (κ3) is 6.05. The highest BCUT2D eigenvalue weighted by molar-refractivity contribution is 5.37. The maximum absolute atomic E-state index is 9.54. The molecule has 2 aromatic carbocycles. The topological polar surface area (TPSA) is 105 Å². The molecule has 2 aliphatic carbocycles. The van der Waals surface area contributed by atoms with Crippen molar-refractivity contribution in [1.29, 1.82) is 0 Å². The third-order valence-corrected chi connectivity index (χ3v) is 7.01. The van der Waals surface area contributed by atoms with Crippen LogP contribution in [0.15, 0.2) is 42.5 Å². The van der Waals surface area contributed by atoms with Crippen molar-refractivity contribution in [3.8, 4) is 5.75 Å². The summed E-state index contributed by atoms with van der Waals surface area (Å²) in [5.41, 5.74) is 11.7. The van der Waals surface area contributed by atoms with Crippen molar-refractivity contribution in [2.75, 3.05) is 13.7 Å². The molecule has 5 N–H and O–H groups in total. The third-order valence-electron chi connectivity index (χ3n) is 7.01. The Labute approximate surface area is 184 Å². The average molecular weight is 430 g/mol. The van der Waals surface area contributed by atoms with Gasteiger partial charge in [0.05, 0.1) is 13.7 Å². The van der Waals surface area contributed by atoms with Crippen molar-refractivity contribution in [1.82, 2.24) is 0 Å². The number of hydrogen-bond donors (Lipinski definition) is 4. The van der Waals surface area contributed by atoms with Crippen LogP contribution in [0.3, 0.4) is 0 Å². The van der Waals surface area contributed by atoms with Gasteiger partial charge >= 0.3 is 0 Å². The molecule has 0 bridgehead atoms. The lowest BCUT2D eigenvalue weighted by atomic mass is 9.79. The Kier molecular flexibility index (Phi) is 8.46. The minimum Gasteiger partial charge on any atom is -0.496 e. The molecule has 2 aromatic rings. The first-order chi connectivity index (χ1) is 15.0. The van der Waals surface area contributed by atoms with Gasteiger partial charge < -0.3 is 15.6 Å². The van der Waals surface area contributed by atoms with E-state index in [1.165, 1.54) is 47.9 Å². The smallest absolute Gasteiger partial charge is 0.122 e. The number of fused-ring (bicyclic) bond motifs is 1. The van der Waals surface area contributed by atoms with Crippen LogP contribution >= 0.6 is 0 Å². The number of nitrogens with two attached hydrogens (primary N) is 1. The highest BCUT2D eigenvalue weighted by atomic mass is 17.4. The van der Waals surface area contributed by atoms with Gasteiger partial charge in [-0.1, -0.05) is 41.4 Å². The first-order valence-corrected chi connectivity index (χ1v) is 11.1. The van der Waals surface area contributed by atoms with E-state index in [1.54, 1.807) is 7.11 Å². The number of aryl methyl sites for hydroxylation is 2. The van der Waals surface area contributed by atoms with Crippen LogP contribution < -0.4 is 10.5 Å². The van der Waals surface area contributed by atoms with Gasteiger partial charge in [0.15, 0.2) is 0 Å². The van der Waals surface area contributed by atoms with E-state index in [1.807, 2.05) is 6.07 Å². The summed E-state index contributed by atoms with van der Waals surface area (Å²) < 4.78 is 5.50. The van der Waals surface area contributed by atoms with Gasteiger partial charge in [0.2, 0.25) is 0 Å². The molecule has 6 heteroatoms. The van der Waals surface area contributed by atoms with E-state index in [2.05, 4.69) is 41.4 Å². The molecule has 0 aliphatic heterocycles. The summed E-state index contributed by atoms with van der Waals surface area (Å²) in [7, 11) is 1.76. The molecule has 2 aliphatic rings. The quantitative estimate of drug-likeness (QED) is 0.402. The summed E-state index contributed by atoms with van der Waals surface area (Å²) in [5.74, 6) is 2.27. The fraction of sp³-hybridized carbons (Fsp3) is 0.520. The molecule has 1 saturated carbocycles. The molecule has 3 atom stereocenters. The highest BCUT2D eigenvalue weighted by Crippen LogP contribution is 2.41. The van der Waals surface area contributed by atoms with Crippen LogP contribution in [0.2, 0.25) is 0 Å². The molecule has 0 amide bonds. The van der Waals surface area contributed by atoms with Crippen LogP contribution in [-0.4, -0.2) is 34.9 Å². The fourth-order valence-corrected chi connectivity index (χ4v) is 5.20. The van der Waals surface area contributed by atoms with E-state index < -0.39 is 0 Å². The zero-order valence-corrected chi connectivity index (χ0v) is 18.3. The van der Waals surface area contributed by atoms with Crippen molar-refractivity contribution in [3.05, 3.63) is 64.7 Å². The van der Waals surface area contributed by atoms with Gasteiger partial charge in [-0.15, -0.1) is 0 Å². The normalized spacial score (nSPS) is 24.8. The molecule has 0 unspecified atom stereocenters. The summed E-state index contributed by atoms with van der Waals surface area (Å²) in [6, 6.07) is 15.5. The maximum atomic E-state index is 9.54. The van der Waals surface area contributed by atoms with Crippen LogP contribution in [0.25, 0.3) is 0 Å². The lowest BCUT2D eigenvalue weighted by molar-refractivity contribution is -0.465. The van der Waals surface area contributed by atoms with Gasteiger partial charge in [0.25, 0.3) is 0 Å². The summed E-state index contributed by atoms with van der Waals surface area (Å²) in [6.07, 6.45) is 8.87. The van der Waals surface area contributed by atoms with Crippen LogP contribution in [0.5, 0.6) is 5.75 Å². The van der Waals surface area contributed by atoms with E-state index in [0.29, 0.717) is 5.92 Å². The Hall–Kier alpha value is -1.96. The maximum Gasteiger partial charge on any atom is 0.122 e. The Balaban J connectivity index is 0.000000858. The molecule has 0 radical (unpaired) electrons. The molecule has 170 valence electrons. The minimum atomic E-state index is -0.371. The number of aliphatic hydroxyl groups is 1. The van der Waals surface area contributed by atoms with Gasteiger partial charge in [0.1, 0.15) is 5.75 Å².